The first kappa shape index (κ1) is 12.5. The standard InChI is InChI=1S/C16H16ClNO/c1-10-2-4-11(5-3-10)16-9-14(18)13-8-12(17)6-7-15(13)19-16/h2-8,14,16H,9,18H2,1H3. The third kappa shape index (κ3) is 2.46. The highest BCUT2D eigenvalue weighted by Crippen LogP contribution is 2.40. The van der Waals surface area contributed by atoms with Gasteiger partial charge in [0.05, 0.1) is 0 Å². The molecule has 0 spiro atoms. The predicted molar refractivity (Wildman–Crippen MR) is 77.5 cm³/mol. The molecule has 1 aliphatic heterocycles. The van der Waals surface area contributed by atoms with E-state index in [1.54, 1.807) is 0 Å². The molecule has 1 heterocycles. The molecule has 0 aliphatic carbocycles. The highest BCUT2D eigenvalue weighted by Gasteiger charge is 2.27. The average molecular weight is 274 g/mol. The number of hydrogen-bond acceptors (Lipinski definition) is 2. The Kier molecular flexibility index (Phi) is 3.21. The highest BCUT2D eigenvalue weighted by molar-refractivity contribution is 6.30. The van der Waals surface area contributed by atoms with Gasteiger partial charge in [-0.2, -0.15) is 0 Å². The van der Waals surface area contributed by atoms with Crippen molar-refractivity contribution in [1.29, 1.82) is 0 Å². The molecule has 0 amide bonds. The summed E-state index contributed by atoms with van der Waals surface area (Å²) in [6.45, 7) is 2.08. The molecule has 0 radical (unpaired) electrons. The van der Waals surface area contributed by atoms with Gasteiger partial charge >= 0.3 is 0 Å². The minimum Gasteiger partial charge on any atom is -0.485 e. The second-order valence-corrected chi connectivity index (χ2v) is 5.48. The molecule has 2 atom stereocenters. The Morgan fingerprint density at radius 3 is 2.63 bits per heavy atom. The maximum absolute atomic E-state index is 6.23. The molecule has 0 saturated carbocycles. The molecule has 2 aromatic rings. The lowest BCUT2D eigenvalue weighted by molar-refractivity contribution is 0.161. The van der Waals surface area contributed by atoms with E-state index in [9.17, 15) is 0 Å². The molecule has 2 N–H and O–H groups in total. The van der Waals surface area contributed by atoms with Crippen molar-refractivity contribution in [3.63, 3.8) is 0 Å². The molecule has 98 valence electrons. The van der Waals surface area contributed by atoms with Gasteiger partial charge in [-0.3, -0.25) is 0 Å². The second-order valence-electron chi connectivity index (χ2n) is 5.04. The third-order valence-electron chi connectivity index (χ3n) is 3.56. The maximum atomic E-state index is 6.23. The molecule has 3 heteroatoms. The summed E-state index contributed by atoms with van der Waals surface area (Å²) in [6.07, 6.45) is 0.792. The van der Waals surface area contributed by atoms with Crippen LogP contribution in [0.1, 0.15) is 35.3 Å². The van der Waals surface area contributed by atoms with E-state index in [2.05, 4.69) is 31.2 Å². The van der Waals surface area contributed by atoms with Crippen molar-refractivity contribution in [1.82, 2.24) is 0 Å². The molecule has 3 rings (SSSR count). The van der Waals surface area contributed by atoms with Crippen LogP contribution in [0.2, 0.25) is 5.02 Å². The van der Waals surface area contributed by atoms with E-state index in [0.717, 1.165) is 17.7 Å². The summed E-state index contributed by atoms with van der Waals surface area (Å²) >= 11 is 6.00. The van der Waals surface area contributed by atoms with Gasteiger partial charge in [-0.05, 0) is 30.7 Å². The Hall–Kier alpha value is -1.51. The fraction of sp³-hybridized carbons (Fsp3) is 0.250. The van der Waals surface area contributed by atoms with E-state index < -0.39 is 0 Å². The van der Waals surface area contributed by atoms with Crippen LogP contribution >= 0.6 is 11.6 Å². The lowest BCUT2D eigenvalue weighted by atomic mass is 9.93. The Bertz CT molecular complexity index is 594. The summed E-state index contributed by atoms with van der Waals surface area (Å²) in [5, 5.41) is 0.701. The summed E-state index contributed by atoms with van der Waals surface area (Å²) in [6, 6.07) is 14.0. The van der Waals surface area contributed by atoms with Crippen molar-refractivity contribution < 1.29 is 4.74 Å². The van der Waals surface area contributed by atoms with E-state index in [0.29, 0.717) is 5.02 Å². The summed E-state index contributed by atoms with van der Waals surface area (Å²) < 4.78 is 6.04. The monoisotopic (exact) mass is 273 g/mol. The van der Waals surface area contributed by atoms with E-state index in [4.69, 9.17) is 22.1 Å². The van der Waals surface area contributed by atoms with Crippen LogP contribution < -0.4 is 10.5 Å². The number of hydrogen-bond donors (Lipinski definition) is 1. The summed E-state index contributed by atoms with van der Waals surface area (Å²) in [5.41, 5.74) is 9.64. The first-order valence-corrected chi connectivity index (χ1v) is 6.79. The van der Waals surface area contributed by atoms with E-state index in [1.165, 1.54) is 11.1 Å². The number of rotatable bonds is 1. The molecule has 0 fully saturated rings. The van der Waals surface area contributed by atoms with Gasteiger partial charge < -0.3 is 10.5 Å². The summed E-state index contributed by atoms with van der Waals surface area (Å²) in [4.78, 5) is 0. The Labute approximate surface area is 118 Å². The molecule has 0 saturated heterocycles. The normalized spacial score (nSPS) is 21.6. The molecule has 2 aromatic carbocycles. The minimum absolute atomic E-state index is 0.0178. The number of aryl methyl sites for hydroxylation is 1. The van der Waals surface area contributed by atoms with E-state index in [1.807, 2.05) is 18.2 Å². The number of halogens is 1. The van der Waals surface area contributed by atoms with Gasteiger partial charge in [-0.1, -0.05) is 41.4 Å². The first-order chi connectivity index (χ1) is 9.13. The lowest BCUT2D eigenvalue weighted by Gasteiger charge is -2.30. The molecule has 1 aliphatic rings. The molecule has 2 unspecified atom stereocenters. The quantitative estimate of drug-likeness (QED) is 0.846. The second kappa shape index (κ2) is 4.87. The van der Waals surface area contributed by atoms with Crippen molar-refractivity contribution in [3.05, 3.63) is 64.2 Å². The maximum Gasteiger partial charge on any atom is 0.126 e. The molecule has 0 bridgehead atoms. The van der Waals surface area contributed by atoms with Crippen molar-refractivity contribution in [2.75, 3.05) is 0 Å². The van der Waals surface area contributed by atoms with E-state index >= 15 is 0 Å². The van der Waals surface area contributed by atoms with Gasteiger partial charge in [-0.15, -0.1) is 0 Å². The number of nitrogens with two attached hydrogens (primary N) is 1. The highest BCUT2D eigenvalue weighted by atomic mass is 35.5. The Morgan fingerprint density at radius 2 is 1.89 bits per heavy atom. The fourth-order valence-corrected chi connectivity index (χ4v) is 2.64. The van der Waals surface area contributed by atoms with Crippen LogP contribution in [-0.4, -0.2) is 0 Å². The van der Waals surface area contributed by atoms with Crippen molar-refractivity contribution in [2.24, 2.45) is 5.73 Å². The van der Waals surface area contributed by atoms with Crippen molar-refractivity contribution in [3.8, 4) is 5.75 Å². The minimum atomic E-state index is -0.0336. The van der Waals surface area contributed by atoms with Crippen LogP contribution in [0, 0.1) is 6.92 Å². The first-order valence-electron chi connectivity index (χ1n) is 6.42. The molecule has 2 nitrogen and oxygen atoms in total. The topological polar surface area (TPSA) is 35.2 Å². The van der Waals surface area contributed by atoms with Crippen molar-refractivity contribution in [2.45, 2.75) is 25.5 Å². The van der Waals surface area contributed by atoms with Gasteiger partial charge in [0.1, 0.15) is 11.9 Å². The Morgan fingerprint density at radius 1 is 1.16 bits per heavy atom. The van der Waals surface area contributed by atoms with Gasteiger partial charge in [0.25, 0.3) is 0 Å². The van der Waals surface area contributed by atoms with Crippen LogP contribution in [-0.2, 0) is 0 Å². The van der Waals surface area contributed by atoms with Gasteiger partial charge in [0.2, 0.25) is 0 Å². The van der Waals surface area contributed by atoms with Crippen LogP contribution in [0.25, 0.3) is 0 Å². The molecular formula is C16H16ClNO. The largest absolute Gasteiger partial charge is 0.485 e. The number of ether oxygens (including phenoxy) is 1. The fourth-order valence-electron chi connectivity index (χ4n) is 2.46. The average Bonchev–Trinajstić information content (AvgIpc) is 2.40. The van der Waals surface area contributed by atoms with Gasteiger partial charge in [0, 0.05) is 23.0 Å². The van der Waals surface area contributed by atoms with Crippen LogP contribution in [0.15, 0.2) is 42.5 Å². The SMILES string of the molecule is Cc1ccc(C2CC(N)c3cc(Cl)ccc3O2)cc1. The van der Waals surface area contributed by atoms with Gasteiger partial charge in [0.15, 0.2) is 0 Å². The van der Waals surface area contributed by atoms with Crippen LogP contribution in [0.4, 0.5) is 0 Å². The van der Waals surface area contributed by atoms with E-state index in [-0.39, 0.29) is 12.1 Å². The third-order valence-corrected chi connectivity index (χ3v) is 3.79. The van der Waals surface area contributed by atoms with Crippen molar-refractivity contribution >= 4 is 11.6 Å². The molecule has 0 aromatic heterocycles. The summed E-state index contributed by atoms with van der Waals surface area (Å²) in [5.74, 6) is 0.841. The number of benzene rings is 2. The van der Waals surface area contributed by atoms with Crippen LogP contribution in [0.5, 0.6) is 5.75 Å². The smallest absolute Gasteiger partial charge is 0.126 e. The van der Waals surface area contributed by atoms with Crippen LogP contribution in [0.3, 0.4) is 0 Å². The zero-order valence-electron chi connectivity index (χ0n) is 10.8. The molecule has 19 heavy (non-hydrogen) atoms. The molecular weight excluding hydrogens is 258 g/mol. The zero-order valence-corrected chi connectivity index (χ0v) is 11.5. The predicted octanol–water partition coefficient (Wildman–Crippen LogP) is 4.17. The van der Waals surface area contributed by atoms with Gasteiger partial charge in [-0.25, -0.2) is 0 Å². The Balaban J connectivity index is 1.92. The zero-order chi connectivity index (χ0) is 13.4. The lowest BCUT2D eigenvalue weighted by Crippen LogP contribution is -2.24. The summed E-state index contributed by atoms with van der Waals surface area (Å²) in [7, 11) is 0. The number of fused-ring (bicyclic) bond motifs is 1.